The number of rotatable bonds is 6. The van der Waals surface area contributed by atoms with E-state index in [2.05, 4.69) is 61.2 Å². The van der Waals surface area contributed by atoms with Gasteiger partial charge in [-0.1, -0.05) is 34.1 Å². The summed E-state index contributed by atoms with van der Waals surface area (Å²) in [6.45, 7) is 7.03. The van der Waals surface area contributed by atoms with Crippen molar-refractivity contribution in [2.24, 2.45) is 0 Å². The highest BCUT2D eigenvalue weighted by Gasteiger charge is 2.10. The van der Waals surface area contributed by atoms with Gasteiger partial charge in [0.25, 0.3) is 0 Å². The van der Waals surface area contributed by atoms with E-state index in [1.54, 1.807) is 4.90 Å². The summed E-state index contributed by atoms with van der Waals surface area (Å²) >= 11 is 3.62. The average molecular weight is 287 g/mol. The van der Waals surface area contributed by atoms with Gasteiger partial charge in [-0.15, -0.1) is 0 Å². The second-order valence-corrected chi connectivity index (χ2v) is 5.43. The van der Waals surface area contributed by atoms with Gasteiger partial charge in [-0.3, -0.25) is 0 Å². The Bertz CT molecular complexity index is 313. The first kappa shape index (κ1) is 13.7. The maximum atomic E-state index is 3.62. The van der Waals surface area contributed by atoms with Gasteiger partial charge < -0.3 is 9.80 Å². The number of benzene rings is 1. The SMILES string of the molecule is CC[NH+](CC[NH+](C)C)Cc1ccccc1Br. The molecule has 2 N–H and O–H groups in total. The highest BCUT2D eigenvalue weighted by molar-refractivity contribution is 9.10. The quantitative estimate of drug-likeness (QED) is 0.729. The molecule has 1 atom stereocenters. The molecular formula is C13H23BrN2+2. The van der Waals surface area contributed by atoms with E-state index in [0.717, 1.165) is 6.54 Å². The zero-order valence-corrected chi connectivity index (χ0v) is 12.1. The summed E-state index contributed by atoms with van der Waals surface area (Å²) in [6, 6.07) is 8.52. The summed E-state index contributed by atoms with van der Waals surface area (Å²) in [6.07, 6.45) is 0. The van der Waals surface area contributed by atoms with Crippen LogP contribution in [0.3, 0.4) is 0 Å². The molecular weight excluding hydrogens is 264 g/mol. The van der Waals surface area contributed by atoms with Crippen molar-refractivity contribution in [1.82, 2.24) is 0 Å². The zero-order valence-electron chi connectivity index (χ0n) is 10.5. The summed E-state index contributed by atoms with van der Waals surface area (Å²) < 4.78 is 1.23. The largest absolute Gasteiger partial charge is 0.335 e. The molecule has 0 radical (unpaired) electrons. The van der Waals surface area contributed by atoms with Crippen LogP contribution in [0.1, 0.15) is 12.5 Å². The van der Waals surface area contributed by atoms with Crippen molar-refractivity contribution in [3.05, 3.63) is 34.3 Å². The number of hydrogen-bond acceptors (Lipinski definition) is 0. The monoisotopic (exact) mass is 286 g/mol. The van der Waals surface area contributed by atoms with Gasteiger partial charge in [-0.2, -0.15) is 0 Å². The van der Waals surface area contributed by atoms with Gasteiger partial charge in [0.1, 0.15) is 19.6 Å². The average Bonchev–Trinajstić information content (AvgIpc) is 2.26. The van der Waals surface area contributed by atoms with Crippen LogP contribution in [0.2, 0.25) is 0 Å². The first-order valence-electron chi connectivity index (χ1n) is 5.99. The first-order valence-corrected chi connectivity index (χ1v) is 6.78. The molecule has 0 spiro atoms. The molecule has 1 rings (SSSR count). The summed E-state index contributed by atoms with van der Waals surface area (Å²) in [5.41, 5.74) is 1.41. The van der Waals surface area contributed by atoms with Gasteiger partial charge >= 0.3 is 0 Å². The molecule has 2 nitrogen and oxygen atoms in total. The molecule has 90 valence electrons. The van der Waals surface area contributed by atoms with Crippen molar-refractivity contribution in [1.29, 1.82) is 0 Å². The van der Waals surface area contributed by atoms with E-state index in [1.165, 1.54) is 34.6 Å². The number of halogens is 1. The normalized spacial score (nSPS) is 13.1. The Hall–Kier alpha value is -0.380. The topological polar surface area (TPSA) is 8.88 Å². The van der Waals surface area contributed by atoms with Crippen LogP contribution in [0.25, 0.3) is 0 Å². The first-order chi connectivity index (χ1) is 7.63. The van der Waals surface area contributed by atoms with Gasteiger partial charge in [0.2, 0.25) is 0 Å². The number of hydrogen-bond donors (Lipinski definition) is 2. The van der Waals surface area contributed by atoms with Crippen LogP contribution in [0.4, 0.5) is 0 Å². The molecule has 0 bridgehead atoms. The lowest BCUT2D eigenvalue weighted by Crippen LogP contribution is -3.17. The van der Waals surface area contributed by atoms with Crippen LogP contribution in [-0.2, 0) is 6.54 Å². The van der Waals surface area contributed by atoms with Gasteiger partial charge in [0, 0.05) is 10.0 Å². The fourth-order valence-corrected chi connectivity index (χ4v) is 2.15. The summed E-state index contributed by atoms with van der Waals surface area (Å²) in [5, 5.41) is 0. The third-order valence-electron chi connectivity index (χ3n) is 2.88. The Morgan fingerprint density at radius 2 is 1.81 bits per heavy atom. The van der Waals surface area contributed by atoms with Crippen LogP contribution in [0.15, 0.2) is 28.7 Å². The van der Waals surface area contributed by atoms with Gasteiger partial charge in [0.15, 0.2) is 0 Å². The molecule has 16 heavy (non-hydrogen) atoms. The molecule has 0 aliphatic rings. The molecule has 0 aliphatic carbocycles. The fourth-order valence-electron chi connectivity index (χ4n) is 1.73. The van der Waals surface area contributed by atoms with E-state index in [4.69, 9.17) is 0 Å². The van der Waals surface area contributed by atoms with Crippen molar-refractivity contribution in [2.75, 3.05) is 33.7 Å². The van der Waals surface area contributed by atoms with Crippen LogP contribution in [-0.4, -0.2) is 33.7 Å². The minimum absolute atomic E-state index is 1.12. The van der Waals surface area contributed by atoms with Crippen molar-refractivity contribution in [3.63, 3.8) is 0 Å². The molecule has 1 aromatic rings. The molecule has 0 fully saturated rings. The third-order valence-corrected chi connectivity index (χ3v) is 3.65. The van der Waals surface area contributed by atoms with E-state index in [-0.39, 0.29) is 0 Å². The molecule has 1 aromatic carbocycles. The van der Waals surface area contributed by atoms with E-state index in [0.29, 0.717) is 0 Å². The summed E-state index contributed by atoms with van der Waals surface area (Å²) in [7, 11) is 4.43. The predicted octanol–water partition coefficient (Wildman–Crippen LogP) is -0.00160. The Balaban J connectivity index is 2.53. The minimum Gasteiger partial charge on any atom is -0.335 e. The maximum Gasteiger partial charge on any atom is 0.127 e. The Morgan fingerprint density at radius 1 is 1.12 bits per heavy atom. The zero-order chi connectivity index (χ0) is 12.0. The van der Waals surface area contributed by atoms with Crippen LogP contribution < -0.4 is 9.80 Å². The van der Waals surface area contributed by atoms with Crippen LogP contribution in [0.5, 0.6) is 0 Å². The van der Waals surface area contributed by atoms with Crippen molar-refractivity contribution < 1.29 is 9.80 Å². The van der Waals surface area contributed by atoms with Crippen molar-refractivity contribution >= 4 is 15.9 Å². The van der Waals surface area contributed by atoms with Gasteiger partial charge in [0.05, 0.1) is 20.6 Å². The number of quaternary nitrogens is 2. The summed E-state index contributed by atoms with van der Waals surface area (Å²) in [5.74, 6) is 0. The molecule has 3 heteroatoms. The van der Waals surface area contributed by atoms with E-state index in [9.17, 15) is 0 Å². The predicted molar refractivity (Wildman–Crippen MR) is 71.9 cm³/mol. The molecule has 0 aromatic heterocycles. The van der Waals surface area contributed by atoms with Crippen LogP contribution in [0, 0.1) is 0 Å². The maximum absolute atomic E-state index is 3.62. The van der Waals surface area contributed by atoms with Crippen LogP contribution >= 0.6 is 15.9 Å². The highest BCUT2D eigenvalue weighted by atomic mass is 79.9. The second kappa shape index (κ2) is 7.05. The van der Waals surface area contributed by atoms with Crippen molar-refractivity contribution in [2.45, 2.75) is 13.5 Å². The Morgan fingerprint density at radius 3 is 2.38 bits per heavy atom. The smallest absolute Gasteiger partial charge is 0.127 e. The molecule has 0 saturated carbocycles. The lowest BCUT2D eigenvalue weighted by atomic mass is 10.2. The highest BCUT2D eigenvalue weighted by Crippen LogP contribution is 2.14. The Kier molecular flexibility index (Phi) is 6.03. The molecule has 0 amide bonds. The molecule has 1 unspecified atom stereocenters. The van der Waals surface area contributed by atoms with Gasteiger partial charge in [-0.05, 0) is 13.0 Å². The molecule has 0 aliphatic heterocycles. The third kappa shape index (κ3) is 4.64. The van der Waals surface area contributed by atoms with Gasteiger partial charge in [-0.25, -0.2) is 0 Å². The summed E-state index contributed by atoms with van der Waals surface area (Å²) in [4.78, 5) is 3.17. The standard InChI is InChI=1S/C13H21BrN2/c1-4-16(10-9-15(2)3)11-12-7-5-6-8-13(12)14/h5-8H,4,9-11H2,1-3H3/p+2. The second-order valence-electron chi connectivity index (χ2n) is 4.58. The van der Waals surface area contributed by atoms with E-state index >= 15 is 0 Å². The molecule has 0 saturated heterocycles. The molecule has 0 heterocycles. The fraction of sp³-hybridized carbons (Fsp3) is 0.538. The van der Waals surface area contributed by atoms with E-state index in [1.807, 2.05) is 0 Å². The van der Waals surface area contributed by atoms with Crippen molar-refractivity contribution in [3.8, 4) is 0 Å². The lowest BCUT2D eigenvalue weighted by Gasteiger charge is -2.19. The lowest BCUT2D eigenvalue weighted by molar-refractivity contribution is -0.949. The Labute approximate surface area is 107 Å². The minimum atomic E-state index is 1.12. The number of likely N-dealkylation sites (N-methyl/N-ethyl adjacent to an activating group) is 2. The number of nitrogens with one attached hydrogen (secondary N) is 2. The van der Waals surface area contributed by atoms with E-state index < -0.39 is 0 Å².